The molecule has 1 aliphatic heterocycles. The van der Waals surface area contributed by atoms with Gasteiger partial charge < -0.3 is 10.2 Å². The topological polar surface area (TPSA) is 15.3 Å². The number of hydrogen-bond acceptors (Lipinski definition) is 2. The third kappa shape index (κ3) is 3.72. The second kappa shape index (κ2) is 5.73. The summed E-state index contributed by atoms with van der Waals surface area (Å²) in [6.07, 6.45) is 11.6. The van der Waals surface area contributed by atoms with Crippen molar-refractivity contribution >= 4 is 0 Å². The molecule has 0 bridgehead atoms. The van der Waals surface area contributed by atoms with E-state index in [1.165, 1.54) is 71.0 Å². The lowest BCUT2D eigenvalue weighted by atomic mass is 9.78. The van der Waals surface area contributed by atoms with Crippen LogP contribution in [0.5, 0.6) is 0 Å². The van der Waals surface area contributed by atoms with E-state index in [1.807, 2.05) is 0 Å². The molecule has 2 heteroatoms. The average molecular weight is 264 g/mol. The Balaban J connectivity index is 1.51. The van der Waals surface area contributed by atoms with Gasteiger partial charge in [-0.05, 0) is 56.4 Å². The molecular weight excluding hydrogens is 232 g/mol. The second-order valence-electron chi connectivity index (χ2n) is 7.97. The van der Waals surface area contributed by atoms with Gasteiger partial charge >= 0.3 is 0 Å². The predicted molar refractivity (Wildman–Crippen MR) is 81.4 cm³/mol. The van der Waals surface area contributed by atoms with Gasteiger partial charge in [-0.1, -0.05) is 26.7 Å². The molecule has 0 spiro atoms. The summed E-state index contributed by atoms with van der Waals surface area (Å²) < 4.78 is 0. The van der Waals surface area contributed by atoms with Crippen LogP contribution >= 0.6 is 0 Å². The van der Waals surface area contributed by atoms with Gasteiger partial charge in [-0.25, -0.2) is 0 Å². The molecule has 0 aromatic heterocycles. The van der Waals surface area contributed by atoms with Gasteiger partial charge in [0.1, 0.15) is 0 Å². The lowest BCUT2D eigenvalue weighted by Crippen LogP contribution is -2.39. The van der Waals surface area contributed by atoms with Gasteiger partial charge in [-0.3, -0.25) is 0 Å². The Morgan fingerprint density at radius 1 is 1.11 bits per heavy atom. The number of likely N-dealkylation sites (tertiary alicyclic amines) is 1. The molecule has 2 nitrogen and oxygen atoms in total. The smallest absolute Gasteiger partial charge is 0.0209 e. The summed E-state index contributed by atoms with van der Waals surface area (Å²) in [4.78, 5) is 2.77. The molecule has 110 valence electrons. The molecule has 1 unspecified atom stereocenters. The van der Waals surface area contributed by atoms with Crippen LogP contribution in [-0.2, 0) is 0 Å². The third-order valence-corrected chi connectivity index (χ3v) is 5.39. The summed E-state index contributed by atoms with van der Waals surface area (Å²) in [5.41, 5.74) is 0.669. The predicted octanol–water partition coefficient (Wildman–Crippen LogP) is 3.42. The summed E-state index contributed by atoms with van der Waals surface area (Å²) in [7, 11) is 0. The highest BCUT2D eigenvalue weighted by atomic mass is 15.2. The Labute approximate surface area is 119 Å². The first-order valence-corrected chi connectivity index (χ1v) is 8.64. The number of nitrogens with zero attached hydrogens (tertiary/aromatic N) is 1. The van der Waals surface area contributed by atoms with Crippen molar-refractivity contribution in [2.45, 2.75) is 77.3 Å². The molecule has 1 heterocycles. The van der Waals surface area contributed by atoms with Crippen molar-refractivity contribution in [1.29, 1.82) is 0 Å². The van der Waals surface area contributed by atoms with Gasteiger partial charge in [0.05, 0.1) is 0 Å². The Bertz CT molecular complexity index is 290. The molecule has 19 heavy (non-hydrogen) atoms. The zero-order valence-corrected chi connectivity index (χ0v) is 13.0. The molecule has 0 radical (unpaired) electrons. The minimum atomic E-state index is 0.669. The fourth-order valence-corrected chi connectivity index (χ4v) is 4.59. The lowest BCUT2D eigenvalue weighted by Gasteiger charge is -2.35. The highest BCUT2D eigenvalue weighted by molar-refractivity contribution is 4.93. The minimum Gasteiger partial charge on any atom is -0.310 e. The van der Waals surface area contributed by atoms with Crippen LogP contribution in [0.1, 0.15) is 65.2 Å². The maximum Gasteiger partial charge on any atom is 0.0209 e. The van der Waals surface area contributed by atoms with Crippen molar-refractivity contribution in [3.05, 3.63) is 0 Å². The Morgan fingerprint density at radius 3 is 2.47 bits per heavy atom. The summed E-state index contributed by atoms with van der Waals surface area (Å²) in [5.74, 6) is 0.862. The summed E-state index contributed by atoms with van der Waals surface area (Å²) in [5, 5.41) is 3.82. The average Bonchev–Trinajstić information content (AvgIpc) is 2.85. The van der Waals surface area contributed by atoms with E-state index in [4.69, 9.17) is 0 Å². The largest absolute Gasteiger partial charge is 0.310 e. The van der Waals surface area contributed by atoms with E-state index in [0.717, 1.165) is 18.0 Å². The van der Waals surface area contributed by atoms with Crippen LogP contribution in [0.15, 0.2) is 0 Å². The van der Waals surface area contributed by atoms with E-state index < -0.39 is 0 Å². The van der Waals surface area contributed by atoms with E-state index in [0.29, 0.717) is 5.41 Å². The SMILES string of the molecule is CC(C)CC1(CN2CCC(NC3CC3)C2)CCCC1. The van der Waals surface area contributed by atoms with E-state index in [-0.39, 0.29) is 0 Å². The van der Waals surface area contributed by atoms with Gasteiger partial charge in [0.25, 0.3) is 0 Å². The van der Waals surface area contributed by atoms with E-state index in [2.05, 4.69) is 24.1 Å². The van der Waals surface area contributed by atoms with Gasteiger partial charge in [-0.15, -0.1) is 0 Å². The highest BCUT2D eigenvalue weighted by Gasteiger charge is 2.38. The summed E-state index contributed by atoms with van der Waals surface area (Å²) in [6, 6.07) is 1.67. The van der Waals surface area contributed by atoms with Gasteiger partial charge in [0.15, 0.2) is 0 Å². The van der Waals surface area contributed by atoms with Crippen LogP contribution in [-0.4, -0.2) is 36.6 Å². The standard InChI is InChI=1S/C17H32N2/c1-14(2)11-17(8-3-4-9-17)13-19-10-7-16(12-19)18-15-5-6-15/h14-16,18H,3-13H2,1-2H3. The van der Waals surface area contributed by atoms with Gasteiger partial charge in [-0.2, -0.15) is 0 Å². The number of hydrogen-bond donors (Lipinski definition) is 1. The highest BCUT2D eigenvalue weighted by Crippen LogP contribution is 2.44. The van der Waals surface area contributed by atoms with Crippen LogP contribution < -0.4 is 5.32 Å². The monoisotopic (exact) mass is 264 g/mol. The van der Waals surface area contributed by atoms with Gasteiger partial charge in [0, 0.05) is 25.2 Å². The molecule has 1 atom stereocenters. The summed E-state index contributed by atoms with van der Waals surface area (Å²) in [6.45, 7) is 8.84. The number of rotatable bonds is 6. The molecule has 3 aliphatic rings. The third-order valence-electron chi connectivity index (χ3n) is 5.39. The quantitative estimate of drug-likeness (QED) is 0.791. The van der Waals surface area contributed by atoms with Crippen LogP contribution in [0.3, 0.4) is 0 Å². The van der Waals surface area contributed by atoms with Crippen LogP contribution in [0.25, 0.3) is 0 Å². The van der Waals surface area contributed by atoms with E-state index >= 15 is 0 Å². The van der Waals surface area contributed by atoms with Crippen molar-refractivity contribution in [3.63, 3.8) is 0 Å². The zero-order valence-electron chi connectivity index (χ0n) is 13.0. The maximum absolute atomic E-state index is 3.82. The first-order chi connectivity index (χ1) is 9.15. The fourth-order valence-electron chi connectivity index (χ4n) is 4.59. The zero-order chi connectivity index (χ0) is 13.3. The molecule has 3 rings (SSSR count). The Hall–Kier alpha value is -0.0800. The second-order valence-corrected chi connectivity index (χ2v) is 7.97. The molecule has 0 amide bonds. The van der Waals surface area contributed by atoms with Crippen molar-refractivity contribution in [2.75, 3.05) is 19.6 Å². The van der Waals surface area contributed by atoms with Crippen molar-refractivity contribution in [2.24, 2.45) is 11.3 Å². The van der Waals surface area contributed by atoms with E-state index in [1.54, 1.807) is 0 Å². The van der Waals surface area contributed by atoms with Crippen LogP contribution in [0.2, 0.25) is 0 Å². The molecule has 2 saturated carbocycles. The van der Waals surface area contributed by atoms with Crippen LogP contribution in [0.4, 0.5) is 0 Å². The normalized spacial score (nSPS) is 31.4. The lowest BCUT2D eigenvalue weighted by molar-refractivity contribution is 0.145. The van der Waals surface area contributed by atoms with Crippen molar-refractivity contribution < 1.29 is 0 Å². The number of nitrogens with one attached hydrogen (secondary N) is 1. The molecule has 2 aliphatic carbocycles. The Morgan fingerprint density at radius 2 is 1.84 bits per heavy atom. The first kappa shape index (κ1) is 13.9. The molecule has 1 N–H and O–H groups in total. The van der Waals surface area contributed by atoms with E-state index in [9.17, 15) is 0 Å². The fraction of sp³-hybridized carbons (Fsp3) is 1.00. The molecule has 3 fully saturated rings. The van der Waals surface area contributed by atoms with Crippen LogP contribution in [0, 0.1) is 11.3 Å². The minimum absolute atomic E-state index is 0.669. The Kier molecular flexibility index (Phi) is 4.19. The maximum atomic E-state index is 3.82. The molecule has 1 saturated heterocycles. The first-order valence-electron chi connectivity index (χ1n) is 8.64. The summed E-state index contributed by atoms with van der Waals surface area (Å²) >= 11 is 0. The molecule has 0 aromatic carbocycles. The van der Waals surface area contributed by atoms with Crippen molar-refractivity contribution in [3.8, 4) is 0 Å². The van der Waals surface area contributed by atoms with Crippen molar-refractivity contribution in [1.82, 2.24) is 10.2 Å². The molecular formula is C17H32N2. The van der Waals surface area contributed by atoms with Gasteiger partial charge in [0.2, 0.25) is 0 Å². The molecule has 0 aromatic rings.